The Morgan fingerprint density at radius 1 is 1.33 bits per heavy atom. The van der Waals surface area contributed by atoms with Gasteiger partial charge in [-0.2, -0.15) is 13.2 Å². The zero-order chi connectivity index (χ0) is 17.9. The van der Waals surface area contributed by atoms with Gasteiger partial charge in [0.2, 0.25) is 0 Å². The maximum Gasteiger partial charge on any atom is 0.406 e. The molecule has 0 unspecified atom stereocenters. The van der Waals surface area contributed by atoms with Crippen LogP contribution in [0.3, 0.4) is 0 Å². The molecule has 1 fully saturated rings. The lowest BCUT2D eigenvalue weighted by Crippen LogP contribution is -2.46. The third-order valence-electron chi connectivity index (χ3n) is 4.09. The van der Waals surface area contributed by atoms with E-state index in [1.165, 1.54) is 12.1 Å². The molecule has 0 aromatic carbocycles. The van der Waals surface area contributed by atoms with Crippen molar-refractivity contribution >= 4 is 11.7 Å². The summed E-state index contributed by atoms with van der Waals surface area (Å²) in [5, 5.41) is 2.42. The summed E-state index contributed by atoms with van der Waals surface area (Å²) in [4.78, 5) is 27.9. The quantitative estimate of drug-likeness (QED) is 0.910. The third-order valence-corrected chi connectivity index (χ3v) is 4.09. The molecular formula is C15H21F3N4O2. The summed E-state index contributed by atoms with van der Waals surface area (Å²) in [6.45, 7) is -0.305. The maximum atomic E-state index is 12.4. The van der Waals surface area contributed by atoms with Gasteiger partial charge in [0.25, 0.3) is 5.56 Å². The van der Waals surface area contributed by atoms with E-state index in [2.05, 4.69) is 10.2 Å². The number of alkyl halides is 3. The van der Waals surface area contributed by atoms with Gasteiger partial charge in [0.1, 0.15) is 12.2 Å². The Morgan fingerprint density at radius 2 is 1.96 bits per heavy atom. The van der Waals surface area contributed by atoms with Gasteiger partial charge in [-0.25, -0.2) is 4.79 Å². The van der Waals surface area contributed by atoms with Crippen molar-refractivity contribution in [2.75, 3.05) is 32.5 Å². The fraction of sp³-hybridized carbons (Fsp3) is 0.600. The van der Waals surface area contributed by atoms with E-state index in [1.54, 1.807) is 4.90 Å². The number of pyridine rings is 1. The largest absolute Gasteiger partial charge is 0.406 e. The number of halogens is 3. The second-order valence-electron chi connectivity index (χ2n) is 6.08. The van der Waals surface area contributed by atoms with Gasteiger partial charge in [0.05, 0.1) is 0 Å². The van der Waals surface area contributed by atoms with Crippen LogP contribution in [0.1, 0.15) is 12.8 Å². The topological polar surface area (TPSA) is 57.6 Å². The number of urea groups is 1. The second kappa shape index (κ2) is 7.25. The van der Waals surface area contributed by atoms with Crippen molar-refractivity contribution in [3.05, 3.63) is 28.7 Å². The minimum absolute atomic E-state index is 0.151. The van der Waals surface area contributed by atoms with Gasteiger partial charge in [0, 0.05) is 25.3 Å². The summed E-state index contributed by atoms with van der Waals surface area (Å²) >= 11 is 0. The number of carbonyl (C=O) groups excluding carboxylic acids is 1. The first-order valence-corrected chi connectivity index (χ1v) is 7.66. The minimum Gasteiger partial charge on any atom is -0.324 e. The standard InChI is InChI=1S/C15H21F3N4O2/c1-20(2)11-5-8-21(9-6-11)14(24)19-12-4-3-7-22(13(12)23)10-15(16,17)18/h3-4,7,11H,5-6,8-10H2,1-2H3,(H,19,24). The minimum atomic E-state index is -4.50. The smallest absolute Gasteiger partial charge is 0.324 e. The highest BCUT2D eigenvalue weighted by Gasteiger charge is 2.29. The highest BCUT2D eigenvalue weighted by atomic mass is 19.4. The van der Waals surface area contributed by atoms with Crippen LogP contribution < -0.4 is 10.9 Å². The Balaban J connectivity index is 2.02. The molecule has 1 aromatic rings. The molecule has 0 radical (unpaired) electrons. The average Bonchev–Trinajstić information content (AvgIpc) is 2.50. The molecule has 1 aromatic heterocycles. The molecule has 1 N–H and O–H groups in total. The van der Waals surface area contributed by atoms with Gasteiger partial charge in [-0.05, 0) is 39.1 Å². The Morgan fingerprint density at radius 3 is 2.50 bits per heavy atom. The lowest BCUT2D eigenvalue weighted by Gasteiger charge is -2.35. The summed E-state index contributed by atoms with van der Waals surface area (Å²) in [5.74, 6) is 0. The summed E-state index contributed by atoms with van der Waals surface area (Å²) in [6, 6.07) is 2.55. The van der Waals surface area contributed by atoms with Crippen molar-refractivity contribution in [3.8, 4) is 0 Å². The van der Waals surface area contributed by atoms with E-state index < -0.39 is 24.3 Å². The van der Waals surface area contributed by atoms with Crippen molar-refractivity contribution in [1.29, 1.82) is 0 Å². The summed E-state index contributed by atoms with van der Waals surface area (Å²) in [7, 11) is 3.96. The summed E-state index contributed by atoms with van der Waals surface area (Å²) in [5.41, 5.74) is -1.02. The van der Waals surface area contributed by atoms with Crippen LogP contribution in [0.25, 0.3) is 0 Å². The number of nitrogens with one attached hydrogen (secondary N) is 1. The number of amides is 2. The average molecular weight is 346 g/mol. The van der Waals surface area contributed by atoms with Gasteiger partial charge in [-0.3, -0.25) is 4.79 Å². The van der Waals surface area contributed by atoms with E-state index >= 15 is 0 Å². The molecule has 0 bridgehead atoms. The van der Waals surface area contributed by atoms with E-state index in [-0.39, 0.29) is 5.69 Å². The molecular weight excluding hydrogens is 325 g/mol. The third kappa shape index (κ3) is 4.73. The molecule has 24 heavy (non-hydrogen) atoms. The predicted octanol–water partition coefficient (Wildman–Crippen LogP) is 1.97. The van der Waals surface area contributed by atoms with Gasteiger partial charge in [-0.15, -0.1) is 0 Å². The van der Waals surface area contributed by atoms with Gasteiger partial charge >= 0.3 is 12.2 Å². The summed E-state index contributed by atoms with van der Waals surface area (Å²) in [6.07, 6.45) is -1.82. The van der Waals surface area contributed by atoms with Crippen LogP contribution >= 0.6 is 0 Å². The molecule has 0 spiro atoms. The summed E-state index contributed by atoms with van der Waals surface area (Å²) < 4.78 is 37.9. The number of carbonyl (C=O) groups is 1. The van der Waals surface area contributed by atoms with Crippen molar-refractivity contribution in [2.45, 2.75) is 31.6 Å². The molecule has 6 nitrogen and oxygen atoms in total. The van der Waals surface area contributed by atoms with Crippen molar-refractivity contribution in [3.63, 3.8) is 0 Å². The molecule has 134 valence electrons. The van der Waals surface area contributed by atoms with Crippen LogP contribution in [0.5, 0.6) is 0 Å². The molecule has 0 aliphatic carbocycles. The lowest BCUT2D eigenvalue weighted by atomic mass is 10.0. The first-order chi connectivity index (χ1) is 11.2. The van der Waals surface area contributed by atoms with Crippen molar-refractivity contribution in [2.24, 2.45) is 0 Å². The van der Waals surface area contributed by atoms with E-state index in [1.807, 2.05) is 14.1 Å². The number of hydrogen-bond acceptors (Lipinski definition) is 3. The Labute approximate surface area is 137 Å². The molecule has 1 aliphatic rings. The van der Waals surface area contributed by atoms with E-state index in [0.29, 0.717) is 23.7 Å². The Kier molecular flexibility index (Phi) is 5.53. The molecule has 2 amide bonds. The van der Waals surface area contributed by atoms with Crippen LogP contribution in [0.15, 0.2) is 23.1 Å². The van der Waals surface area contributed by atoms with Gasteiger partial charge < -0.3 is 19.7 Å². The second-order valence-corrected chi connectivity index (χ2v) is 6.08. The monoisotopic (exact) mass is 346 g/mol. The van der Waals surface area contributed by atoms with Crippen molar-refractivity contribution < 1.29 is 18.0 Å². The number of piperidine rings is 1. The first-order valence-electron chi connectivity index (χ1n) is 7.66. The highest BCUT2D eigenvalue weighted by Crippen LogP contribution is 2.17. The van der Waals surface area contributed by atoms with E-state index in [9.17, 15) is 22.8 Å². The zero-order valence-corrected chi connectivity index (χ0v) is 13.6. The van der Waals surface area contributed by atoms with Crippen LogP contribution in [-0.4, -0.2) is 59.8 Å². The lowest BCUT2D eigenvalue weighted by molar-refractivity contribution is -0.141. The number of aromatic nitrogens is 1. The zero-order valence-electron chi connectivity index (χ0n) is 13.6. The van der Waals surface area contributed by atoms with Gasteiger partial charge in [-0.1, -0.05) is 0 Å². The maximum absolute atomic E-state index is 12.4. The normalized spacial score (nSPS) is 16.5. The van der Waals surface area contributed by atoms with E-state index in [4.69, 9.17) is 0 Å². The van der Waals surface area contributed by atoms with Crippen LogP contribution in [0.2, 0.25) is 0 Å². The molecule has 0 atom stereocenters. The van der Waals surface area contributed by atoms with Crippen LogP contribution in [0, 0.1) is 0 Å². The van der Waals surface area contributed by atoms with Crippen LogP contribution in [0.4, 0.5) is 23.7 Å². The molecule has 2 rings (SSSR count). The molecule has 1 aliphatic heterocycles. The number of rotatable bonds is 3. The highest BCUT2D eigenvalue weighted by molar-refractivity contribution is 5.89. The van der Waals surface area contributed by atoms with Crippen LogP contribution in [-0.2, 0) is 6.54 Å². The SMILES string of the molecule is CN(C)C1CCN(C(=O)Nc2cccn(CC(F)(F)F)c2=O)CC1. The Bertz CT molecular complexity index is 634. The fourth-order valence-corrected chi connectivity index (χ4v) is 2.73. The first kappa shape index (κ1) is 18.3. The number of anilines is 1. The Hall–Kier alpha value is -2.03. The van der Waals surface area contributed by atoms with E-state index in [0.717, 1.165) is 19.0 Å². The molecule has 0 saturated carbocycles. The number of likely N-dealkylation sites (tertiary alicyclic amines) is 1. The number of hydrogen-bond donors (Lipinski definition) is 1. The number of nitrogens with zero attached hydrogens (tertiary/aromatic N) is 3. The predicted molar refractivity (Wildman–Crippen MR) is 84.1 cm³/mol. The molecule has 2 heterocycles. The molecule has 1 saturated heterocycles. The van der Waals surface area contributed by atoms with Crippen molar-refractivity contribution in [1.82, 2.24) is 14.4 Å². The fourth-order valence-electron chi connectivity index (χ4n) is 2.73. The molecule has 9 heteroatoms. The van der Waals surface area contributed by atoms with Gasteiger partial charge in [0.15, 0.2) is 0 Å².